The average Bonchev–Trinajstić information content (AvgIpc) is 2.61. The summed E-state index contributed by atoms with van der Waals surface area (Å²) in [5.41, 5.74) is 0.0634. The second-order valence-corrected chi connectivity index (χ2v) is 3.76. The lowest BCUT2D eigenvalue weighted by Crippen LogP contribution is -2.20. The Bertz CT molecular complexity index is 563. The van der Waals surface area contributed by atoms with Crippen LogP contribution in [0, 0.1) is 0 Å². The van der Waals surface area contributed by atoms with E-state index in [0.29, 0.717) is 11.0 Å². The number of rotatable bonds is 3. The molecule has 0 aliphatic carbocycles. The van der Waals surface area contributed by atoms with Gasteiger partial charge in [0.05, 0.1) is 24.6 Å². The first-order valence-corrected chi connectivity index (χ1v) is 5.03. The fourth-order valence-corrected chi connectivity index (χ4v) is 1.65. The van der Waals surface area contributed by atoms with Crippen LogP contribution >= 0.6 is 11.6 Å². The van der Waals surface area contributed by atoms with E-state index in [0.717, 1.165) is 0 Å². The van der Waals surface area contributed by atoms with Crippen LogP contribution in [0.15, 0.2) is 17.1 Å². The first-order chi connectivity index (χ1) is 7.61. The summed E-state index contributed by atoms with van der Waals surface area (Å²) in [5, 5.41) is 18.4. The van der Waals surface area contributed by atoms with Gasteiger partial charge >= 0.3 is 0 Å². The Morgan fingerprint density at radius 3 is 3.06 bits per heavy atom. The van der Waals surface area contributed by atoms with Crippen LogP contribution in [-0.4, -0.2) is 37.5 Å². The van der Waals surface area contributed by atoms with Crippen LogP contribution in [0.3, 0.4) is 0 Å². The molecular weight excluding hydrogens is 234 g/mol. The van der Waals surface area contributed by atoms with Crippen molar-refractivity contribution in [3.8, 4) is 0 Å². The molecule has 0 fully saturated rings. The van der Waals surface area contributed by atoms with Crippen molar-refractivity contribution in [2.45, 2.75) is 12.6 Å². The van der Waals surface area contributed by atoms with E-state index in [2.05, 4.69) is 9.97 Å². The minimum atomic E-state index is -0.893. The number of hydrogen-bond acceptors (Lipinski definition) is 4. The Balaban J connectivity index is 2.51. The number of fused-ring (bicyclic) bond motifs is 1. The van der Waals surface area contributed by atoms with Gasteiger partial charge in [0.2, 0.25) is 5.28 Å². The summed E-state index contributed by atoms with van der Waals surface area (Å²) in [6, 6.07) is 1.58. The van der Waals surface area contributed by atoms with E-state index >= 15 is 0 Å². The van der Waals surface area contributed by atoms with Crippen LogP contribution in [0.5, 0.6) is 0 Å². The molecule has 0 aliphatic rings. The molecule has 0 aromatic carbocycles. The van der Waals surface area contributed by atoms with E-state index < -0.39 is 6.10 Å². The van der Waals surface area contributed by atoms with E-state index in [1.165, 1.54) is 0 Å². The lowest BCUT2D eigenvalue weighted by Gasteiger charge is -2.08. The third-order valence-corrected chi connectivity index (χ3v) is 2.40. The van der Waals surface area contributed by atoms with Crippen LogP contribution < -0.4 is 5.56 Å². The van der Waals surface area contributed by atoms with Gasteiger partial charge in [0.1, 0.15) is 5.65 Å². The van der Waals surface area contributed by atoms with Gasteiger partial charge in [-0.1, -0.05) is 0 Å². The highest BCUT2D eigenvalue weighted by Crippen LogP contribution is 2.11. The van der Waals surface area contributed by atoms with Gasteiger partial charge in [0, 0.05) is 6.20 Å². The molecule has 6 nitrogen and oxygen atoms in total. The van der Waals surface area contributed by atoms with E-state index in [4.69, 9.17) is 16.7 Å². The zero-order chi connectivity index (χ0) is 11.7. The number of H-pyrrole nitrogens is 1. The Hall–Kier alpha value is -1.37. The summed E-state index contributed by atoms with van der Waals surface area (Å²) in [4.78, 5) is 17.8. The van der Waals surface area contributed by atoms with Crippen molar-refractivity contribution in [2.75, 3.05) is 6.61 Å². The normalized spacial score (nSPS) is 13.2. The number of halogens is 1. The molecule has 0 saturated carbocycles. The van der Waals surface area contributed by atoms with Crippen molar-refractivity contribution in [1.29, 1.82) is 0 Å². The summed E-state index contributed by atoms with van der Waals surface area (Å²) in [7, 11) is 0. The monoisotopic (exact) mass is 243 g/mol. The van der Waals surface area contributed by atoms with Crippen LogP contribution in [0.25, 0.3) is 11.0 Å². The van der Waals surface area contributed by atoms with Gasteiger partial charge in [-0.3, -0.25) is 9.78 Å². The fourth-order valence-electron chi connectivity index (χ4n) is 1.48. The Kier molecular flexibility index (Phi) is 2.95. The second-order valence-electron chi connectivity index (χ2n) is 3.40. The maximum absolute atomic E-state index is 11.5. The molecule has 1 atom stereocenters. The molecule has 0 aliphatic heterocycles. The van der Waals surface area contributed by atoms with Gasteiger partial charge in [0.15, 0.2) is 0 Å². The zero-order valence-corrected chi connectivity index (χ0v) is 8.98. The maximum atomic E-state index is 11.5. The average molecular weight is 244 g/mol. The highest BCUT2D eigenvalue weighted by atomic mass is 35.5. The first-order valence-electron chi connectivity index (χ1n) is 4.65. The van der Waals surface area contributed by atoms with Crippen LogP contribution in [0.1, 0.15) is 0 Å². The summed E-state index contributed by atoms with van der Waals surface area (Å²) >= 11 is 5.63. The number of nitrogens with zero attached hydrogens (tertiary/aromatic N) is 2. The molecular formula is C9H10ClN3O3. The van der Waals surface area contributed by atoms with Gasteiger partial charge in [-0.2, -0.15) is 0 Å². The van der Waals surface area contributed by atoms with Gasteiger partial charge in [0.25, 0.3) is 5.56 Å². The molecule has 2 aromatic heterocycles. The molecule has 2 heterocycles. The molecule has 1 unspecified atom stereocenters. The second kappa shape index (κ2) is 4.25. The largest absolute Gasteiger partial charge is 0.394 e. The maximum Gasteiger partial charge on any atom is 0.261 e. The van der Waals surface area contributed by atoms with Crippen molar-refractivity contribution in [2.24, 2.45) is 0 Å². The molecule has 2 rings (SSSR count). The molecule has 0 bridgehead atoms. The number of aliphatic hydroxyl groups is 2. The molecule has 2 aromatic rings. The third kappa shape index (κ3) is 1.95. The lowest BCUT2D eigenvalue weighted by atomic mass is 10.4. The Morgan fingerprint density at radius 1 is 1.62 bits per heavy atom. The van der Waals surface area contributed by atoms with E-state index in [1.54, 1.807) is 16.8 Å². The third-order valence-electron chi connectivity index (χ3n) is 2.22. The molecule has 0 amide bonds. The molecule has 86 valence electrons. The van der Waals surface area contributed by atoms with Gasteiger partial charge < -0.3 is 14.8 Å². The van der Waals surface area contributed by atoms with E-state index in [-0.39, 0.29) is 24.0 Å². The summed E-state index contributed by atoms with van der Waals surface area (Å²) in [6.07, 6.45) is 0.720. The lowest BCUT2D eigenvalue weighted by molar-refractivity contribution is 0.0821. The van der Waals surface area contributed by atoms with Gasteiger partial charge in [-0.15, -0.1) is 0 Å². The Labute approximate surface area is 95.1 Å². The minimum absolute atomic E-state index is 0.00376. The van der Waals surface area contributed by atoms with Gasteiger partial charge in [-0.05, 0) is 17.7 Å². The van der Waals surface area contributed by atoms with E-state index in [9.17, 15) is 9.90 Å². The predicted octanol–water partition coefficient (Wildman–Crippen LogP) is -0.269. The topological polar surface area (TPSA) is 91.1 Å². The number of aromatic amines is 1. The standard InChI is InChI=1S/C9H10ClN3O3/c10-9-11-7-6(8(16)12-9)1-2-13(7)3-5(15)4-14/h1-2,5,14-15H,3-4H2,(H,11,12,16). The van der Waals surface area contributed by atoms with E-state index in [1.807, 2.05) is 0 Å². The smallest absolute Gasteiger partial charge is 0.261 e. The molecule has 0 radical (unpaired) electrons. The van der Waals surface area contributed by atoms with Crippen LogP contribution in [0.2, 0.25) is 5.28 Å². The quantitative estimate of drug-likeness (QED) is 0.648. The van der Waals surface area contributed by atoms with Crippen molar-refractivity contribution >= 4 is 22.6 Å². The zero-order valence-electron chi connectivity index (χ0n) is 8.22. The van der Waals surface area contributed by atoms with Crippen molar-refractivity contribution in [3.05, 3.63) is 27.9 Å². The van der Waals surface area contributed by atoms with Crippen LogP contribution in [-0.2, 0) is 6.54 Å². The van der Waals surface area contributed by atoms with Crippen molar-refractivity contribution in [1.82, 2.24) is 14.5 Å². The predicted molar refractivity (Wildman–Crippen MR) is 58.5 cm³/mol. The summed E-state index contributed by atoms with van der Waals surface area (Å²) in [5.74, 6) is 0. The number of hydrogen-bond donors (Lipinski definition) is 3. The number of aromatic nitrogens is 3. The van der Waals surface area contributed by atoms with Gasteiger partial charge in [-0.25, -0.2) is 4.98 Å². The van der Waals surface area contributed by atoms with Crippen molar-refractivity contribution < 1.29 is 10.2 Å². The highest BCUT2D eigenvalue weighted by Gasteiger charge is 2.10. The number of nitrogens with one attached hydrogen (secondary N) is 1. The SMILES string of the molecule is O=c1[nH]c(Cl)nc2c1ccn2CC(O)CO. The molecule has 0 spiro atoms. The molecule has 7 heteroatoms. The fraction of sp³-hybridized carbons (Fsp3) is 0.333. The minimum Gasteiger partial charge on any atom is -0.394 e. The molecule has 16 heavy (non-hydrogen) atoms. The van der Waals surface area contributed by atoms with Crippen LogP contribution in [0.4, 0.5) is 0 Å². The molecule has 0 saturated heterocycles. The first kappa shape index (κ1) is 11.1. The molecule has 3 N–H and O–H groups in total. The van der Waals surface area contributed by atoms with Crippen molar-refractivity contribution in [3.63, 3.8) is 0 Å². The summed E-state index contributed by atoms with van der Waals surface area (Å²) in [6.45, 7) is -0.191. The Morgan fingerprint density at radius 2 is 2.38 bits per heavy atom. The summed E-state index contributed by atoms with van der Waals surface area (Å²) < 4.78 is 1.57. The number of aliphatic hydroxyl groups excluding tert-OH is 2. The highest BCUT2D eigenvalue weighted by molar-refractivity contribution is 6.28.